The number of carbonyl (C=O) groups is 2. The van der Waals surface area contributed by atoms with Crippen LogP contribution >= 0.6 is 24.8 Å². The molecule has 2 amide bonds. The first kappa shape index (κ1) is 25.9. The summed E-state index contributed by atoms with van der Waals surface area (Å²) in [6.07, 6.45) is 9.28. The highest BCUT2D eigenvalue weighted by atomic mass is 35.5. The SMILES string of the molecule is Cl.Cl.NCC1(CC(=O)NCc2cccc(NC(=O)c3ccncc3)c2)CCCCC1. The van der Waals surface area contributed by atoms with Crippen molar-refractivity contribution in [1.82, 2.24) is 10.3 Å². The maximum Gasteiger partial charge on any atom is 0.255 e. The van der Waals surface area contributed by atoms with E-state index in [1.807, 2.05) is 24.3 Å². The quantitative estimate of drug-likeness (QED) is 0.588. The van der Waals surface area contributed by atoms with Gasteiger partial charge in [-0.25, -0.2) is 0 Å². The van der Waals surface area contributed by atoms with E-state index in [9.17, 15) is 9.59 Å². The summed E-state index contributed by atoms with van der Waals surface area (Å²) >= 11 is 0. The maximum atomic E-state index is 12.5. The number of rotatable bonds is 7. The zero-order valence-electron chi connectivity index (χ0n) is 16.9. The zero-order valence-corrected chi connectivity index (χ0v) is 18.6. The zero-order chi connectivity index (χ0) is 19.8. The van der Waals surface area contributed by atoms with E-state index in [4.69, 9.17) is 5.73 Å². The number of pyridine rings is 1. The van der Waals surface area contributed by atoms with Crippen molar-refractivity contribution in [1.29, 1.82) is 0 Å². The first-order valence-electron chi connectivity index (χ1n) is 9.87. The van der Waals surface area contributed by atoms with Crippen molar-refractivity contribution < 1.29 is 9.59 Å². The van der Waals surface area contributed by atoms with Crippen LogP contribution in [0.3, 0.4) is 0 Å². The van der Waals surface area contributed by atoms with Gasteiger partial charge in [0, 0.05) is 36.6 Å². The van der Waals surface area contributed by atoms with Gasteiger partial charge in [0.05, 0.1) is 0 Å². The van der Waals surface area contributed by atoms with Crippen LogP contribution in [0.4, 0.5) is 5.69 Å². The van der Waals surface area contributed by atoms with Crippen molar-refractivity contribution in [3.63, 3.8) is 0 Å². The summed E-state index contributed by atoms with van der Waals surface area (Å²) in [4.78, 5) is 28.6. The summed E-state index contributed by atoms with van der Waals surface area (Å²) in [6, 6.07) is 10.8. The van der Waals surface area contributed by atoms with E-state index in [2.05, 4.69) is 15.6 Å². The highest BCUT2D eigenvalue weighted by Gasteiger charge is 2.32. The normalized spacial score (nSPS) is 14.6. The largest absolute Gasteiger partial charge is 0.352 e. The van der Waals surface area contributed by atoms with Crippen LogP contribution in [0.15, 0.2) is 48.8 Å². The van der Waals surface area contributed by atoms with Gasteiger partial charge in [0.2, 0.25) is 5.91 Å². The van der Waals surface area contributed by atoms with Gasteiger partial charge in [-0.3, -0.25) is 14.6 Å². The van der Waals surface area contributed by atoms with Crippen molar-refractivity contribution in [3.05, 3.63) is 59.9 Å². The molecule has 3 rings (SSSR count). The number of benzene rings is 1. The number of halogens is 2. The van der Waals surface area contributed by atoms with E-state index >= 15 is 0 Å². The monoisotopic (exact) mass is 452 g/mol. The van der Waals surface area contributed by atoms with Gasteiger partial charge in [0.15, 0.2) is 0 Å². The molecule has 1 aromatic carbocycles. The van der Waals surface area contributed by atoms with E-state index in [0.717, 1.165) is 31.2 Å². The van der Waals surface area contributed by atoms with Crippen LogP contribution < -0.4 is 16.4 Å². The molecule has 0 unspecified atom stereocenters. The van der Waals surface area contributed by atoms with E-state index in [-0.39, 0.29) is 42.0 Å². The molecule has 1 saturated carbocycles. The lowest BCUT2D eigenvalue weighted by Crippen LogP contribution is -2.38. The van der Waals surface area contributed by atoms with Gasteiger partial charge in [-0.05, 0) is 54.6 Å². The van der Waals surface area contributed by atoms with Crippen molar-refractivity contribution in [3.8, 4) is 0 Å². The predicted octanol–water partition coefficient (Wildman–Crippen LogP) is 4.09. The number of hydrogen-bond donors (Lipinski definition) is 3. The lowest BCUT2D eigenvalue weighted by Gasteiger charge is -2.35. The summed E-state index contributed by atoms with van der Waals surface area (Å²) in [5.74, 6) is -0.149. The van der Waals surface area contributed by atoms with E-state index in [1.54, 1.807) is 24.5 Å². The molecule has 1 aliphatic rings. The van der Waals surface area contributed by atoms with Gasteiger partial charge < -0.3 is 16.4 Å². The van der Waals surface area contributed by atoms with Gasteiger partial charge >= 0.3 is 0 Å². The molecular formula is C22H30Cl2N4O2. The van der Waals surface area contributed by atoms with Crippen LogP contribution in [-0.2, 0) is 11.3 Å². The molecule has 0 atom stereocenters. The Morgan fingerprint density at radius 1 is 1.03 bits per heavy atom. The predicted molar refractivity (Wildman–Crippen MR) is 124 cm³/mol. The van der Waals surface area contributed by atoms with E-state index in [0.29, 0.717) is 30.8 Å². The average Bonchev–Trinajstić information content (AvgIpc) is 2.74. The number of carbonyl (C=O) groups excluding carboxylic acids is 2. The first-order chi connectivity index (χ1) is 13.6. The molecular weight excluding hydrogens is 423 g/mol. The molecule has 6 nitrogen and oxygen atoms in total. The maximum absolute atomic E-state index is 12.5. The fourth-order valence-electron chi connectivity index (χ4n) is 3.82. The van der Waals surface area contributed by atoms with Crippen LogP contribution in [0.1, 0.15) is 54.4 Å². The van der Waals surface area contributed by atoms with Gasteiger partial charge in [-0.15, -0.1) is 24.8 Å². The second kappa shape index (κ2) is 12.5. The smallest absolute Gasteiger partial charge is 0.255 e. The topological polar surface area (TPSA) is 97.1 Å². The second-order valence-corrected chi connectivity index (χ2v) is 7.61. The van der Waals surface area contributed by atoms with Crippen LogP contribution in [0, 0.1) is 5.41 Å². The molecule has 30 heavy (non-hydrogen) atoms. The third kappa shape index (κ3) is 7.27. The van der Waals surface area contributed by atoms with Crippen molar-refractivity contribution in [2.75, 3.05) is 11.9 Å². The molecule has 0 spiro atoms. The van der Waals surface area contributed by atoms with E-state index in [1.165, 1.54) is 6.42 Å². The first-order valence-corrected chi connectivity index (χ1v) is 9.87. The molecule has 4 N–H and O–H groups in total. The second-order valence-electron chi connectivity index (χ2n) is 7.61. The number of anilines is 1. The molecule has 8 heteroatoms. The summed E-state index contributed by atoms with van der Waals surface area (Å²) < 4.78 is 0. The lowest BCUT2D eigenvalue weighted by molar-refractivity contribution is -0.124. The number of nitrogens with zero attached hydrogens (tertiary/aromatic N) is 1. The Labute approximate surface area is 190 Å². The Hall–Kier alpha value is -2.15. The molecule has 1 heterocycles. The molecule has 0 bridgehead atoms. The Morgan fingerprint density at radius 3 is 2.40 bits per heavy atom. The van der Waals surface area contributed by atoms with Gasteiger partial charge in [0.25, 0.3) is 5.91 Å². The molecule has 0 saturated heterocycles. The standard InChI is InChI=1S/C22H28N4O2.2ClH/c23-16-22(9-2-1-3-10-22)14-20(27)25-15-17-5-4-6-19(13-17)26-21(28)18-7-11-24-12-8-18;;/h4-8,11-13H,1-3,9-10,14-16,23H2,(H,25,27)(H,26,28);2*1H. The molecule has 164 valence electrons. The summed E-state index contributed by atoms with van der Waals surface area (Å²) in [5.41, 5.74) is 8.12. The van der Waals surface area contributed by atoms with Crippen LogP contribution in [0.2, 0.25) is 0 Å². The molecule has 0 aliphatic heterocycles. The van der Waals surface area contributed by atoms with Crippen LogP contribution in [0.5, 0.6) is 0 Å². The summed E-state index contributed by atoms with van der Waals surface area (Å²) in [5, 5.41) is 5.87. The lowest BCUT2D eigenvalue weighted by atomic mass is 9.71. The van der Waals surface area contributed by atoms with Crippen molar-refractivity contribution >= 4 is 42.3 Å². The van der Waals surface area contributed by atoms with Gasteiger partial charge in [0.1, 0.15) is 0 Å². The number of nitrogens with one attached hydrogen (secondary N) is 2. The molecule has 1 aliphatic carbocycles. The minimum Gasteiger partial charge on any atom is -0.352 e. The number of amides is 2. The molecule has 2 aromatic rings. The van der Waals surface area contributed by atoms with Crippen LogP contribution in [0.25, 0.3) is 0 Å². The molecule has 1 aromatic heterocycles. The highest BCUT2D eigenvalue weighted by molar-refractivity contribution is 6.04. The molecule has 0 radical (unpaired) electrons. The van der Waals surface area contributed by atoms with Gasteiger partial charge in [-0.2, -0.15) is 0 Å². The third-order valence-electron chi connectivity index (χ3n) is 5.50. The van der Waals surface area contributed by atoms with Crippen LogP contribution in [-0.4, -0.2) is 23.3 Å². The Balaban J connectivity index is 0.00000225. The fourth-order valence-corrected chi connectivity index (χ4v) is 3.82. The third-order valence-corrected chi connectivity index (χ3v) is 5.50. The van der Waals surface area contributed by atoms with E-state index < -0.39 is 0 Å². The fraction of sp³-hybridized carbons (Fsp3) is 0.409. The Morgan fingerprint density at radius 2 is 1.73 bits per heavy atom. The number of nitrogens with two attached hydrogens (primary N) is 1. The Bertz CT molecular complexity index is 812. The average molecular weight is 453 g/mol. The highest BCUT2D eigenvalue weighted by Crippen LogP contribution is 2.38. The Kier molecular flexibility index (Phi) is 10.8. The molecule has 1 fully saturated rings. The van der Waals surface area contributed by atoms with Crippen molar-refractivity contribution in [2.24, 2.45) is 11.1 Å². The minimum atomic E-state index is -0.189. The van der Waals surface area contributed by atoms with Crippen molar-refractivity contribution in [2.45, 2.75) is 45.1 Å². The number of hydrogen-bond acceptors (Lipinski definition) is 4. The minimum absolute atomic E-state index is 0. The summed E-state index contributed by atoms with van der Waals surface area (Å²) in [6.45, 7) is 0.995. The van der Waals surface area contributed by atoms with Gasteiger partial charge in [-0.1, -0.05) is 31.4 Å². The summed E-state index contributed by atoms with van der Waals surface area (Å²) in [7, 11) is 0. The number of aromatic nitrogens is 1.